The second-order valence-corrected chi connectivity index (χ2v) is 9.86. The average Bonchev–Trinajstić information content (AvgIpc) is 3.11. The van der Waals surface area contributed by atoms with E-state index in [1.165, 1.54) is 6.20 Å². The van der Waals surface area contributed by atoms with Crippen LogP contribution in [0, 0.1) is 5.82 Å². The number of hydrogen-bond donors (Lipinski definition) is 2. The monoisotopic (exact) mass is 458 g/mol. The van der Waals surface area contributed by atoms with Crippen LogP contribution in [-0.4, -0.2) is 43.0 Å². The summed E-state index contributed by atoms with van der Waals surface area (Å²) < 4.78 is 48.5. The minimum atomic E-state index is -3.10. The van der Waals surface area contributed by atoms with Crippen molar-refractivity contribution >= 4 is 27.2 Å². The van der Waals surface area contributed by atoms with Crippen molar-refractivity contribution in [2.45, 2.75) is 19.4 Å². The maximum atomic E-state index is 14.8. The molecule has 1 aliphatic heterocycles. The van der Waals surface area contributed by atoms with Crippen LogP contribution in [0.25, 0.3) is 0 Å². The molecule has 8 nitrogen and oxygen atoms in total. The summed E-state index contributed by atoms with van der Waals surface area (Å²) in [6.45, 7) is 2.05. The van der Waals surface area contributed by atoms with Gasteiger partial charge in [0.15, 0.2) is 21.4 Å². The average molecular weight is 459 g/mol. The summed E-state index contributed by atoms with van der Waals surface area (Å²) in [5.74, 6) is 0.598. The van der Waals surface area contributed by atoms with Crippen LogP contribution in [0.5, 0.6) is 17.4 Å². The van der Waals surface area contributed by atoms with Gasteiger partial charge in [0.25, 0.3) is 0 Å². The minimum absolute atomic E-state index is 0.0583. The van der Waals surface area contributed by atoms with Crippen LogP contribution < -0.4 is 20.1 Å². The van der Waals surface area contributed by atoms with E-state index in [0.29, 0.717) is 23.4 Å². The summed E-state index contributed by atoms with van der Waals surface area (Å²) >= 11 is 0. The van der Waals surface area contributed by atoms with E-state index in [9.17, 15) is 12.8 Å². The van der Waals surface area contributed by atoms with Gasteiger partial charge in [0, 0.05) is 47.6 Å². The number of halogens is 1. The highest BCUT2D eigenvalue weighted by molar-refractivity contribution is 7.90. The highest BCUT2D eigenvalue weighted by Gasteiger charge is 2.23. The molecule has 2 N–H and O–H groups in total. The van der Waals surface area contributed by atoms with Crippen molar-refractivity contribution in [1.82, 2.24) is 9.97 Å². The van der Waals surface area contributed by atoms with Gasteiger partial charge in [-0.05, 0) is 37.6 Å². The maximum absolute atomic E-state index is 14.8. The number of ether oxygens (including phenoxy) is 2. The van der Waals surface area contributed by atoms with Crippen molar-refractivity contribution in [3.05, 3.63) is 60.0 Å². The van der Waals surface area contributed by atoms with Gasteiger partial charge in [0.2, 0.25) is 11.8 Å². The van der Waals surface area contributed by atoms with Crippen LogP contribution in [-0.2, 0) is 16.3 Å². The summed E-state index contributed by atoms with van der Waals surface area (Å²) in [4.78, 5) is 8.45. The fraction of sp³-hybridized carbons (Fsp3) is 0.273. The summed E-state index contributed by atoms with van der Waals surface area (Å²) in [5.41, 5.74) is 2.03. The van der Waals surface area contributed by atoms with Crippen LogP contribution in [0.2, 0.25) is 0 Å². The Morgan fingerprint density at radius 2 is 2.09 bits per heavy atom. The molecule has 0 amide bonds. The van der Waals surface area contributed by atoms with E-state index < -0.39 is 15.7 Å². The van der Waals surface area contributed by atoms with E-state index in [1.54, 1.807) is 42.5 Å². The van der Waals surface area contributed by atoms with Crippen molar-refractivity contribution < 1.29 is 22.3 Å². The van der Waals surface area contributed by atoms with Crippen molar-refractivity contribution in [1.29, 1.82) is 0 Å². The number of aromatic nitrogens is 2. The molecular formula is C22H23FN4O4S. The number of nitrogens with zero attached hydrogens (tertiary/aromatic N) is 2. The number of hydrogen-bond acceptors (Lipinski definition) is 8. The largest absolute Gasteiger partial charge is 0.492 e. The van der Waals surface area contributed by atoms with Crippen LogP contribution in [0.4, 0.5) is 21.7 Å². The smallest absolute Gasteiger partial charge is 0.230 e. The molecule has 0 saturated heterocycles. The predicted octanol–water partition coefficient (Wildman–Crippen LogP) is 3.93. The van der Waals surface area contributed by atoms with Gasteiger partial charge in [-0.2, -0.15) is 4.98 Å². The van der Waals surface area contributed by atoms with Crippen LogP contribution in [0.1, 0.15) is 12.5 Å². The lowest BCUT2D eigenvalue weighted by molar-refractivity contribution is 0.341. The summed E-state index contributed by atoms with van der Waals surface area (Å²) in [7, 11) is -3.10. The van der Waals surface area contributed by atoms with E-state index in [1.807, 2.05) is 6.92 Å². The molecule has 1 unspecified atom stereocenters. The lowest BCUT2D eigenvalue weighted by Gasteiger charge is -2.11. The lowest BCUT2D eigenvalue weighted by Crippen LogP contribution is -2.12. The number of rotatable bonds is 8. The van der Waals surface area contributed by atoms with Gasteiger partial charge in [-0.25, -0.2) is 17.8 Å². The highest BCUT2D eigenvalue weighted by atomic mass is 32.2. The Balaban J connectivity index is 1.44. The van der Waals surface area contributed by atoms with Gasteiger partial charge in [0.1, 0.15) is 12.4 Å². The molecule has 4 rings (SSSR count). The Bertz CT molecular complexity index is 1240. The molecule has 2 aromatic carbocycles. The van der Waals surface area contributed by atoms with Gasteiger partial charge in [-0.3, -0.25) is 0 Å². The Labute approximate surface area is 185 Å². The van der Waals surface area contributed by atoms with Crippen LogP contribution >= 0.6 is 0 Å². The van der Waals surface area contributed by atoms with E-state index in [0.717, 1.165) is 11.9 Å². The topological polar surface area (TPSA) is 102 Å². The van der Waals surface area contributed by atoms with E-state index in [4.69, 9.17) is 9.47 Å². The Morgan fingerprint density at radius 3 is 2.91 bits per heavy atom. The zero-order chi connectivity index (χ0) is 22.7. The third kappa shape index (κ3) is 5.44. The maximum Gasteiger partial charge on any atom is 0.230 e. The predicted molar refractivity (Wildman–Crippen MR) is 120 cm³/mol. The molecule has 0 fully saturated rings. The zero-order valence-corrected chi connectivity index (χ0v) is 18.4. The second-order valence-electron chi connectivity index (χ2n) is 7.61. The first-order valence-corrected chi connectivity index (χ1v) is 12.1. The molecule has 0 saturated carbocycles. The van der Waals surface area contributed by atoms with Gasteiger partial charge in [-0.15, -0.1) is 0 Å². The molecule has 0 bridgehead atoms. The summed E-state index contributed by atoms with van der Waals surface area (Å²) in [6, 6.07) is 12.1. The fourth-order valence-corrected chi connectivity index (χ4v) is 3.70. The van der Waals surface area contributed by atoms with E-state index in [-0.39, 0.29) is 36.0 Å². The molecule has 2 heterocycles. The normalized spacial score (nSPS) is 15.0. The Kier molecular flexibility index (Phi) is 6.13. The first kappa shape index (κ1) is 21.8. The van der Waals surface area contributed by atoms with Crippen molar-refractivity contribution in [2.75, 3.05) is 29.2 Å². The molecule has 168 valence electrons. The number of benzene rings is 2. The molecule has 0 radical (unpaired) electrons. The van der Waals surface area contributed by atoms with Crippen molar-refractivity contribution in [2.24, 2.45) is 0 Å². The summed E-state index contributed by atoms with van der Waals surface area (Å²) in [6.07, 6.45) is 3.26. The van der Waals surface area contributed by atoms with Crippen LogP contribution in [0.3, 0.4) is 0 Å². The molecule has 1 aliphatic rings. The molecule has 3 aromatic rings. The van der Waals surface area contributed by atoms with Gasteiger partial charge in [-0.1, -0.05) is 6.07 Å². The Hall–Kier alpha value is -3.40. The standard InChI is InChI=1S/C22H23FN4O4S/c1-14-12-17-18(25-14)6-7-19(21(17)23)31-20-8-9-24-22(27-20)26-15-4-3-5-16(13-15)30-10-11-32(2,28)29/h3-9,13-14,25H,10-12H2,1-2H3,(H,24,26,27). The third-order valence-corrected chi connectivity index (χ3v) is 5.69. The number of sulfone groups is 1. The molecule has 10 heteroatoms. The molecule has 32 heavy (non-hydrogen) atoms. The number of fused-ring (bicyclic) bond motifs is 1. The zero-order valence-electron chi connectivity index (χ0n) is 17.6. The lowest BCUT2D eigenvalue weighted by atomic mass is 10.1. The first-order valence-electron chi connectivity index (χ1n) is 10.0. The van der Waals surface area contributed by atoms with Gasteiger partial charge in [0.05, 0.1) is 5.75 Å². The van der Waals surface area contributed by atoms with Crippen molar-refractivity contribution in [3.63, 3.8) is 0 Å². The molecular weight excluding hydrogens is 435 g/mol. The SMILES string of the molecule is CC1Cc2c(ccc(Oc3ccnc(Nc4cccc(OCCS(C)(=O)=O)c4)n3)c2F)N1. The quantitative estimate of drug-likeness (QED) is 0.524. The first-order chi connectivity index (χ1) is 15.3. The van der Waals surface area contributed by atoms with Crippen LogP contribution in [0.15, 0.2) is 48.7 Å². The molecule has 0 aliphatic carbocycles. The van der Waals surface area contributed by atoms with E-state index in [2.05, 4.69) is 20.6 Å². The van der Waals surface area contributed by atoms with E-state index >= 15 is 0 Å². The van der Waals surface area contributed by atoms with Gasteiger partial charge >= 0.3 is 0 Å². The second kappa shape index (κ2) is 8.99. The third-order valence-electron chi connectivity index (χ3n) is 4.78. The summed E-state index contributed by atoms with van der Waals surface area (Å²) in [5, 5.41) is 6.25. The Morgan fingerprint density at radius 1 is 1.25 bits per heavy atom. The van der Waals surface area contributed by atoms with Crippen molar-refractivity contribution in [3.8, 4) is 17.4 Å². The minimum Gasteiger partial charge on any atom is -0.492 e. The number of nitrogens with one attached hydrogen (secondary N) is 2. The molecule has 1 aromatic heterocycles. The molecule has 0 spiro atoms. The highest BCUT2D eigenvalue weighted by Crippen LogP contribution is 2.35. The number of anilines is 3. The molecule has 1 atom stereocenters. The fourth-order valence-electron chi connectivity index (χ4n) is 3.31. The van der Waals surface area contributed by atoms with Gasteiger partial charge < -0.3 is 20.1 Å².